The lowest BCUT2D eigenvalue weighted by atomic mass is 10.1. The van der Waals surface area contributed by atoms with E-state index in [2.05, 4.69) is 37.8 Å². The highest BCUT2D eigenvalue weighted by molar-refractivity contribution is 5.42. The number of rotatable bonds is 5. The van der Waals surface area contributed by atoms with E-state index in [1.165, 1.54) is 11.1 Å². The van der Waals surface area contributed by atoms with Gasteiger partial charge in [-0.05, 0) is 42.1 Å². The molecule has 0 heterocycles. The highest BCUT2D eigenvalue weighted by atomic mass is 16.5. The van der Waals surface area contributed by atoms with Crippen molar-refractivity contribution in [3.63, 3.8) is 0 Å². The number of nitrogens with zero attached hydrogens (tertiary/aromatic N) is 1. The molecule has 3 heteroatoms. The molecular weight excluding hydrogens is 236 g/mol. The average molecular weight is 262 g/mol. The van der Waals surface area contributed by atoms with E-state index >= 15 is 0 Å². The predicted octanol–water partition coefficient (Wildman–Crippen LogP) is 2.60. The summed E-state index contributed by atoms with van der Waals surface area (Å²) >= 11 is 0. The molecule has 0 amide bonds. The third-order valence-electron chi connectivity index (χ3n) is 4.03. The molecule has 0 fully saturated rings. The van der Waals surface area contributed by atoms with E-state index in [4.69, 9.17) is 10.5 Å². The van der Waals surface area contributed by atoms with Crippen LogP contribution in [-0.2, 0) is 6.42 Å². The van der Waals surface area contributed by atoms with Crippen LogP contribution < -0.4 is 10.5 Å². The molecule has 0 aliphatic heterocycles. The van der Waals surface area contributed by atoms with Crippen LogP contribution in [0.1, 0.15) is 37.9 Å². The second-order valence-electron chi connectivity index (χ2n) is 5.84. The number of methoxy groups -OCH3 is 1. The maximum absolute atomic E-state index is 6.47. The number of likely N-dealkylation sites (N-methyl/N-ethyl adjacent to an activating group) is 1. The molecule has 0 aromatic heterocycles. The summed E-state index contributed by atoms with van der Waals surface area (Å²) in [5, 5.41) is 0. The second-order valence-corrected chi connectivity index (χ2v) is 5.84. The Morgan fingerprint density at radius 3 is 2.74 bits per heavy atom. The minimum Gasteiger partial charge on any atom is -0.497 e. The highest BCUT2D eigenvalue weighted by Crippen LogP contribution is 2.35. The fraction of sp³-hybridized carbons (Fsp3) is 0.625. The van der Waals surface area contributed by atoms with Gasteiger partial charge in [0.15, 0.2) is 0 Å². The Morgan fingerprint density at radius 2 is 2.16 bits per heavy atom. The maximum atomic E-state index is 6.47. The van der Waals surface area contributed by atoms with Gasteiger partial charge in [0, 0.05) is 18.6 Å². The first kappa shape index (κ1) is 14.4. The van der Waals surface area contributed by atoms with Crippen LogP contribution in [0.2, 0.25) is 0 Å². The second kappa shape index (κ2) is 5.93. The fourth-order valence-corrected chi connectivity index (χ4v) is 3.08. The van der Waals surface area contributed by atoms with Gasteiger partial charge >= 0.3 is 0 Å². The van der Waals surface area contributed by atoms with Gasteiger partial charge in [0.2, 0.25) is 0 Å². The van der Waals surface area contributed by atoms with E-state index in [0.717, 1.165) is 25.3 Å². The molecule has 1 aromatic rings. The van der Waals surface area contributed by atoms with Crippen LogP contribution in [0.25, 0.3) is 0 Å². The monoisotopic (exact) mass is 262 g/mol. The molecule has 2 N–H and O–H groups in total. The standard InChI is InChI=1S/C16H26N2O/c1-5-18(10-11(2)3)15-8-12-6-7-13(19-4)9-14(12)16(15)17/h6-7,9,11,15-16H,5,8,10,17H2,1-4H3. The normalized spacial score (nSPS) is 22.1. The van der Waals surface area contributed by atoms with Crippen molar-refractivity contribution in [3.05, 3.63) is 29.3 Å². The van der Waals surface area contributed by atoms with Gasteiger partial charge in [0.1, 0.15) is 5.75 Å². The summed E-state index contributed by atoms with van der Waals surface area (Å²) in [6.45, 7) is 8.92. The van der Waals surface area contributed by atoms with Crippen molar-refractivity contribution in [2.45, 2.75) is 39.3 Å². The van der Waals surface area contributed by atoms with E-state index in [1.807, 2.05) is 6.07 Å². The minimum atomic E-state index is 0.101. The van der Waals surface area contributed by atoms with Gasteiger partial charge in [-0.2, -0.15) is 0 Å². The zero-order valence-corrected chi connectivity index (χ0v) is 12.5. The van der Waals surface area contributed by atoms with Crippen LogP contribution >= 0.6 is 0 Å². The van der Waals surface area contributed by atoms with Crippen LogP contribution in [0.5, 0.6) is 5.75 Å². The topological polar surface area (TPSA) is 38.5 Å². The van der Waals surface area contributed by atoms with E-state index in [0.29, 0.717) is 12.0 Å². The molecule has 0 spiro atoms. The van der Waals surface area contributed by atoms with E-state index in [-0.39, 0.29) is 6.04 Å². The third kappa shape index (κ3) is 2.93. The van der Waals surface area contributed by atoms with Crippen molar-refractivity contribution in [3.8, 4) is 5.75 Å². The number of nitrogens with two attached hydrogens (primary N) is 1. The summed E-state index contributed by atoms with van der Waals surface area (Å²) in [5.41, 5.74) is 9.10. The fourth-order valence-electron chi connectivity index (χ4n) is 3.08. The summed E-state index contributed by atoms with van der Waals surface area (Å²) in [5.74, 6) is 1.58. The Morgan fingerprint density at radius 1 is 1.42 bits per heavy atom. The summed E-state index contributed by atoms with van der Waals surface area (Å²) in [6, 6.07) is 6.82. The first-order valence-electron chi connectivity index (χ1n) is 7.23. The molecular formula is C16H26N2O. The lowest BCUT2D eigenvalue weighted by Crippen LogP contribution is -2.42. The summed E-state index contributed by atoms with van der Waals surface area (Å²) in [7, 11) is 1.71. The molecule has 3 nitrogen and oxygen atoms in total. The Labute approximate surface area is 116 Å². The molecule has 106 valence electrons. The SMILES string of the molecule is CCN(CC(C)C)C1Cc2ccc(OC)cc2C1N. The molecule has 1 aliphatic carbocycles. The summed E-state index contributed by atoms with van der Waals surface area (Å²) in [4.78, 5) is 2.52. The molecule has 1 aliphatic rings. The Hall–Kier alpha value is -1.06. The maximum Gasteiger partial charge on any atom is 0.119 e. The number of fused-ring (bicyclic) bond motifs is 1. The van der Waals surface area contributed by atoms with E-state index < -0.39 is 0 Å². The lowest BCUT2D eigenvalue weighted by molar-refractivity contribution is 0.169. The van der Waals surface area contributed by atoms with Crippen molar-refractivity contribution in [1.82, 2.24) is 4.90 Å². The van der Waals surface area contributed by atoms with Crippen molar-refractivity contribution in [2.24, 2.45) is 11.7 Å². The van der Waals surface area contributed by atoms with Crippen LogP contribution in [-0.4, -0.2) is 31.1 Å². The zero-order chi connectivity index (χ0) is 14.0. The molecule has 0 saturated carbocycles. The first-order chi connectivity index (χ1) is 9.06. The van der Waals surface area contributed by atoms with Crippen LogP contribution in [0.3, 0.4) is 0 Å². The van der Waals surface area contributed by atoms with Crippen molar-refractivity contribution < 1.29 is 4.74 Å². The number of benzene rings is 1. The van der Waals surface area contributed by atoms with Crippen molar-refractivity contribution >= 4 is 0 Å². The van der Waals surface area contributed by atoms with Gasteiger partial charge in [-0.3, -0.25) is 4.90 Å². The number of hydrogen-bond donors (Lipinski definition) is 1. The van der Waals surface area contributed by atoms with Crippen LogP contribution in [0, 0.1) is 5.92 Å². The quantitative estimate of drug-likeness (QED) is 0.886. The molecule has 0 bridgehead atoms. The zero-order valence-electron chi connectivity index (χ0n) is 12.5. The first-order valence-corrected chi connectivity index (χ1v) is 7.23. The smallest absolute Gasteiger partial charge is 0.119 e. The van der Waals surface area contributed by atoms with E-state index in [9.17, 15) is 0 Å². The minimum absolute atomic E-state index is 0.101. The van der Waals surface area contributed by atoms with Gasteiger partial charge in [-0.15, -0.1) is 0 Å². The lowest BCUT2D eigenvalue weighted by Gasteiger charge is -2.32. The molecule has 19 heavy (non-hydrogen) atoms. The third-order valence-corrected chi connectivity index (χ3v) is 4.03. The van der Waals surface area contributed by atoms with Gasteiger partial charge in [-0.1, -0.05) is 26.8 Å². The highest BCUT2D eigenvalue weighted by Gasteiger charge is 2.33. The predicted molar refractivity (Wildman–Crippen MR) is 79.5 cm³/mol. The molecule has 1 aromatic carbocycles. The Bertz CT molecular complexity index is 431. The number of ether oxygens (including phenoxy) is 1. The largest absolute Gasteiger partial charge is 0.497 e. The Kier molecular flexibility index (Phi) is 4.48. The molecule has 2 rings (SSSR count). The molecule has 0 radical (unpaired) electrons. The average Bonchev–Trinajstić information content (AvgIpc) is 2.72. The summed E-state index contributed by atoms with van der Waals surface area (Å²) < 4.78 is 5.31. The molecule has 2 atom stereocenters. The number of hydrogen-bond acceptors (Lipinski definition) is 3. The van der Waals surface area contributed by atoms with Gasteiger partial charge < -0.3 is 10.5 Å². The van der Waals surface area contributed by atoms with Crippen molar-refractivity contribution in [1.29, 1.82) is 0 Å². The van der Waals surface area contributed by atoms with Crippen molar-refractivity contribution in [2.75, 3.05) is 20.2 Å². The van der Waals surface area contributed by atoms with Gasteiger partial charge in [0.25, 0.3) is 0 Å². The summed E-state index contributed by atoms with van der Waals surface area (Å²) in [6.07, 6.45) is 1.06. The van der Waals surface area contributed by atoms with Crippen LogP contribution in [0.15, 0.2) is 18.2 Å². The van der Waals surface area contributed by atoms with Gasteiger partial charge in [0.05, 0.1) is 7.11 Å². The van der Waals surface area contributed by atoms with Crippen LogP contribution in [0.4, 0.5) is 0 Å². The Balaban J connectivity index is 2.19. The molecule has 0 saturated heterocycles. The van der Waals surface area contributed by atoms with E-state index in [1.54, 1.807) is 7.11 Å². The molecule has 2 unspecified atom stereocenters. The van der Waals surface area contributed by atoms with Gasteiger partial charge in [-0.25, -0.2) is 0 Å².